The van der Waals surface area contributed by atoms with E-state index in [2.05, 4.69) is 6.58 Å². The molecule has 1 aromatic rings. The summed E-state index contributed by atoms with van der Waals surface area (Å²) >= 11 is 0. The van der Waals surface area contributed by atoms with Crippen molar-refractivity contribution in [2.75, 3.05) is 11.4 Å². The summed E-state index contributed by atoms with van der Waals surface area (Å²) in [7, 11) is 0. The Morgan fingerprint density at radius 1 is 1.37 bits per heavy atom. The number of aliphatic hydroxyl groups excluding tert-OH is 1. The van der Waals surface area contributed by atoms with Gasteiger partial charge in [-0.2, -0.15) is 13.2 Å². The summed E-state index contributed by atoms with van der Waals surface area (Å²) in [6.45, 7) is 7.25. The van der Waals surface area contributed by atoms with Gasteiger partial charge in [-0.3, -0.25) is 0 Å². The van der Waals surface area contributed by atoms with E-state index in [1.54, 1.807) is 12.1 Å². The molecule has 5 heteroatoms. The molecule has 0 aliphatic carbocycles. The molecule has 106 valence electrons. The van der Waals surface area contributed by atoms with Crippen molar-refractivity contribution in [1.82, 2.24) is 0 Å². The van der Waals surface area contributed by atoms with Gasteiger partial charge in [0, 0.05) is 18.3 Å². The molecule has 19 heavy (non-hydrogen) atoms. The predicted molar refractivity (Wildman–Crippen MR) is 70.0 cm³/mol. The summed E-state index contributed by atoms with van der Waals surface area (Å²) in [4.78, 5) is 1.81. The van der Waals surface area contributed by atoms with Crippen molar-refractivity contribution >= 4 is 5.69 Å². The lowest BCUT2D eigenvalue weighted by molar-refractivity contribution is -0.138. The number of alkyl halides is 3. The molecule has 0 amide bonds. The fraction of sp³-hybridized carbons (Fsp3) is 0.429. The topological polar surface area (TPSA) is 23.5 Å². The zero-order chi connectivity index (χ0) is 14.6. The predicted octanol–water partition coefficient (Wildman–Crippen LogP) is 3.60. The fourth-order valence-corrected chi connectivity index (χ4v) is 1.90. The van der Waals surface area contributed by atoms with Crippen LogP contribution in [0.1, 0.15) is 25.0 Å². The van der Waals surface area contributed by atoms with Crippen molar-refractivity contribution in [2.24, 2.45) is 0 Å². The van der Waals surface area contributed by atoms with Gasteiger partial charge in [0.1, 0.15) is 0 Å². The van der Waals surface area contributed by atoms with Gasteiger partial charge in [-0.15, -0.1) is 6.58 Å². The molecule has 0 aliphatic heterocycles. The van der Waals surface area contributed by atoms with Gasteiger partial charge >= 0.3 is 6.18 Å². The minimum Gasteiger partial charge on any atom is -0.392 e. The molecule has 1 aromatic carbocycles. The second kappa shape index (κ2) is 6.10. The number of hydrogen-bond acceptors (Lipinski definition) is 2. The molecule has 1 rings (SSSR count). The molecule has 0 saturated carbocycles. The SMILES string of the molecule is C=CCN(c1ccc(CO)c(C(F)(F)F)c1)C(C)C. The summed E-state index contributed by atoms with van der Waals surface area (Å²) in [6, 6.07) is 4.04. The Hall–Kier alpha value is -1.49. The lowest BCUT2D eigenvalue weighted by Crippen LogP contribution is -2.31. The molecule has 0 bridgehead atoms. The third-order valence-corrected chi connectivity index (χ3v) is 2.85. The van der Waals surface area contributed by atoms with E-state index in [0.717, 1.165) is 6.07 Å². The zero-order valence-electron chi connectivity index (χ0n) is 11.0. The zero-order valence-corrected chi connectivity index (χ0v) is 11.0. The Bertz CT molecular complexity index is 441. The molecular weight excluding hydrogens is 255 g/mol. The van der Waals surface area contributed by atoms with E-state index in [4.69, 9.17) is 5.11 Å². The lowest BCUT2D eigenvalue weighted by atomic mass is 10.1. The Kier molecular flexibility index (Phi) is 5.00. The van der Waals surface area contributed by atoms with Gasteiger partial charge in [0.25, 0.3) is 0 Å². The van der Waals surface area contributed by atoms with Crippen molar-refractivity contribution < 1.29 is 18.3 Å². The monoisotopic (exact) mass is 273 g/mol. The van der Waals surface area contributed by atoms with E-state index in [0.29, 0.717) is 12.2 Å². The highest BCUT2D eigenvalue weighted by Gasteiger charge is 2.33. The minimum atomic E-state index is -4.47. The summed E-state index contributed by atoms with van der Waals surface area (Å²) in [5.41, 5.74) is -0.430. The second-order valence-corrected chi connectivity index (χ2v) is 4.53. The van der Waals surface area contributed by atoms with Crippen molar-refractivity contribution in [1.29, 1.82) is 0 Å². The molecule has 0 spiro atoms. The summed E-state index contributed by atoms with van der Waals surface area (Å²) < 4.78 is 38.7. The smallest absolute Gasteiger partial charge is 0.392 e. The van der Waals surface area contributed by atoms with E-state index in [1.165, 1.54) is 6.07 Å². The molecule has 0 radical (unpaired) electrons. The molecule has 1 N–H and O–H groups in total. The van der Waals surface area contributed by atoms with Crippen LogP contribution in [0.2, 0.25) is 0 Å². The largest absolute Gasteiger partial charge is 0.416 e. The second-order valence-electron chi connectivity index (χ2n) is 4.53. The summed E-state index contributed by atoms with van der Waals surface area (Å²) in [5, 5.41) is 8.99. The molecule has 0 atom stereocenters. The summed E-state index contributed by atoms with van der Waals surface area (Å²) in [5.74, 6) is 0. The fourth-order valence-electron chi connectivity index (χ4n) is 1.90. The summed E-state index contributed by atoms with van der Waals surface area (Å²) in [6.07, 6.45) is -2.82. The van der Waals surface area contributed by atoms with E-state index in [9.17, 15) is 13.2 Å². The average Bonchev–Trinajstić information content (AvgIpc) is 2.33. The van der Waals surface area contributed by atoms with E-state index in [-0.39, 0.29) is 11.6 Å². The van der Waals surface area contributed by atoms with Gasteiger partial charge < -0.3 is 10.0 Å². The number of benzene rings is 1. The van der Waals surface area contributed by atoms with Crippen LogP contribution in [0.3, 0.4) is 0 Å². The average molecular weight is 273 g/mol. The molecule has 0 saturated heterocycles. The lowest BCUT2D eigenvalue weighted by Gasteiger charge is -2.28. The van der Waals surface area contributed by atoms with E-state index in [1.807, 2.05) is 18.7 Å². The number of halogens is 3. The van der Waals surface area contributed by atoms with Crippen LogP contribution in [0, 0.1) is 0 Å². The van der Waals surface area contributed by atoms with Gasteiger partial charge in [0.05, 0.1) is 12.2 Å². The van der Waals surface area contributed by atoms with Crippen LogP contribution < -0.4 is 4.90 Å². The maximum Gasteiger partial charge on any atom is 0.416 e. The number of anilines is 1. The van der Waals surface area contributed by atoms with Gasteiger partial charge in [-0.1, -0.05) is 12.1 Å². The first-order valence-corrected chi connectivity index (χ1v) is 5.99. The Morgan fingerprint density at radius 3 is 2.42 bits per heavy atom. The highest BCUT2D eigenvalue weighted by atomic mass is 19.4. The maximum absolute atomic E-state index is 12.9. The normalized spacial score (nSPS) is 11.7. The quantitative estimate of drug-likeness (QED) is 0.829. The highest BCUT2D eigenvalue weighted by Crippen LogP contribution is 2.35. The number of hydrogen-bond donors (Lipinski definition) is 1. The molecule has 0 unspecified atom stereocenters. The number of rotatable bonds is 5. The molecular formula is C14H18F3NO. The van der Waals surface area contributed by atoms with Crippen LogP contribution >= 0.6 is 0 Å². The van der Waals surface area contributed by atoms with Crippen LogP contribution in [0.15, 0.2) is 30.9 Å². The number of nitrogens with zero attached hydrogens (tertiary/aromatic N) is 1. The first-order chi connectivity index (χ1) is 8.81. The molecule has 0 fully saturated rings. The Labute approximate surface area is 111 Å². The number of aliphatic hydroxyl groups is 1. The van der Waals surface area contributed by atoms with Crippen LogP contribution in [0.4, 0.5) is 18.9 Å². The first kappa shape index (κ1) is 15.6. The standard InChI is InChI=1S/C14H18F3NO/c1-4-7-18(10(2)3)12-6-5-11(9-19)13(8-12)14(15,16)17/h4-6,8,10,19H,1,7,9H2,2-3H3. The van der Waals surface area contributed by atoms with Gasteiger partial charge in [0.2, 0.25) is 0 Å². The first-order valence-electron chi connectivity index (χ1n) is 5.99. The van der Waals surface area contributed by atoms with Crippen LogP contribution in [-0.2, 0) is 12.8 Å². The van der Waals surface area contributed by atoms with Crippen LogP contribution in [0.25, 0.3) is 0 Å². The Morgan fingerprint density at radius 2 is 2.00 bits per heavy atom. The molecule has 2 nitrogen and oxygen atoms in total. The minimum absolute atomic E-state index is 0.0547. The van der Waals surface area contributed by atoms with E-state index >= 15 is 0 Å². The van der Waals surface area contributed by atoms with Crippen molar-refractivity contribution in [3.63, 3.8) is 0 Å². The van der Waals surface area contributed by atoms with Crippen molar-refractivity contribution in [3.05, 3.63) is 42.0 Å². The van der Waals surface area contributed by atoms with Gasteiger partial charge in [-0.25, -0.2) is 0 Å². The van der Waals surface area contributed by atoms with Crippen LogP contribution in [-0.4, -0.2) is 17.7 Å². The highest BCUT2D eigenvalue weighted by molar-refractivity contribution is 5.53. The van der Waals surface area contributed by atoms with Crippen molar-refractivity contribution in [2.45, 2.75) is 32.7 Å². The van der Waals surface area contributed by atoms with E-state index < -0.39 is 18.3 Å². The third-order valence-electron chi connectivity index (χ3n) is 2.85. The molecule has 0 aromatic heterocycles. The molecule has 0 heterocycles. The van der Waals surface area contributed by atoms with Gasteiger partial charge in [-0.05, 0) is 31.5 Å². The van der Waals surface area contributed by atoms with Gasteiger partial charge in [0.15, 0.2) is 0 Å². The third kappa shape index (κ3) is 3.73. The van der Waals surface area contributed by atoms with Crippen LogP contribution in [0.5, 0.6) is 0 Å². The van der Waals surface area contributed by atoms with Crippen molar-refractivity contribution in [3.8, 4) is 0 Å². The maximum atomic E-state index is 12.9. The Balaban J connectivity index is 3.27. The molecule has 0 aliphatic rings.